The van der Waals surface area contributed by atoms with E-state index >= 15 is 0 Å². The summed E-state index contributed by atoms with van der Waals surface area (Å²) in [6.45, 7) is 3.31. The fourth-order valence-corrected chi connectivity index (χ4v) is 2.64. The molecule has 1 aromatic rings. The largest absolute Gasteiger partial charge is 0.495 e. The van der Waals surface area contributed by atoms with Crippen molar-refractivity contribution in [1.29, 1.82) is 0 Å². The minimum absolute atomic E-state index is 0.144. The molecule has 1 saturated heterocycles. The summed E-state index contributed by atoms with van der Waals surface area (Å²) in [5.41, 5.74) is 0.538. The Hall–Kier alpha value is -1.66. The van der Waals surface area contributed by atoms with Crippen molar-refractivity contribution in [3.05, 3.63) is 17.2 Å². The summed E-state index contributed by atoms with van der Waals surface area (Å²) in [4.78, 5) is 16.5. The van der Waals surface area contributed by atoms with Gasteiger partial charge in [-0.05, 0) is 26.1 Å². The van der Waals surface area contributed by atoms with Gasteiger partial charge in [0, 0.05) is 25.7 Å². The van der Waals surface area contributed by atoms with E-state index < -0.39 is 0 Å². The van der Waals surface area contributed by atoms with Gasteiger partial charge in [-0.2, -0.15) is 0 Å². The van der Waals surface area contributed by atoms with Crippen molar-refractivity contribution in [2.75, 3.05) is 52.8 Å². The van der Waals surface area contributed by atoms with Gasteiger partial charge in [0.15, 0.2) is 0 Å². The van der Waals surface area contributed by atoms with E-state index in [1.54, 1.807) is 24.1 Å². The molecule has 1 fully saturated rings. The Balaban J connectivity index is 2.12. The number of hydrogen-bond acceptors (Lipinski definition) is 4. The number of amides is 2. The van der Waals surface area contributed by atoms with Crippen LogP contribution in [0.5, 0.6) is 11.5 Å². The van der Waals surface area contributed by atoms with E-state index in [9.17, 15) is 4.79 Å². The van der Waals surface area contributed by atoms with E-state index in [0.29, 0.717) is 28.8 Å². The molecule has 0 aliphatic carbocycles. The molecule has 0 unspecified atom stereocenters. The van der Waals surface area contributed by atoms with Crippen LogP contribution in [0.3, 0.4) is 0 Å². The van der Waals surface area contributed by atoms with Crippen molar-refractivity contribution in [3.63, 3.8) is 0 Å². The number of nitrogens with one attached hydrogen (secondary N) is 1. The summed E-state index contributed by atoms with van der Waals surface area (Å²) >= 11 is 6.12. The number of urea groups is 1. The van der Waals surface area contributed by atoms with Crippen molar-refractivity contribution in [1.82, 2.24) is 9.80 Å². The maximum atomic E-state index is 12.4. The third kappa shape index (κ3) is 3.96. The van der Waals surface area contributed by atoms with Crippen LogP contribution in [0, 0.1) is 0 Å². The zero-order valence-electron chi connectivity index (χ0n) is 13.2. The molecule has 122 valence electrons. The van der Waals surface area contributed by atoms with Gasteiger partial charge in [0.25, 0.3) is 0 Å². The molecule has 0 aromatic heterocycles. The zero-order valence-corrected chi connectivity index (χ0v) is 13.9. The highest BCUT2D eigenvalue weighted by atomic mass is 35.5. The van der Waals surface area contributed by atoms with E-state index in [0.717, 1.165) is 26.1 Å². The summed E-state index contributed by atoms with van der Waals surface area (Å²) in [7, 11) is 5.14. The fraction of sp³-hybridized carbons (Fsp3) is 0.533. The van der Waals surface area contributed by atoms with Crippen LogP contribution in [0.4, 0.5) is 10.5 Å². The molecule has 1 aliphatic rings. The monoisotopic (exact) mass is 327 g/mol. The highest BCUT2D eigenvalue weighted by molar-refractivity contribution is 6.32. The second-order valence-electron chi connectivity index (χ2n) is 5.26. The minimum Gasteiger partial charge on any atom is -0.495 e. The molecule has 6 nitrogen and oxygen atoms in total. The average molecular weight is 328 g/mol. The molecule has 2 amide bonds. The number of carbonyl (C=O) groups excluding carboxylic acids is 1. The van der Waals surface area contributed by atoms with Gasteiger partial charge in [-0.3, -0.25) is 0 Å². The number of ether oxygens (including phenoxy) is 2. The number of benzene rings is 1. The number of carbonyl (C=O) groups is 1. The topological polar surface area (TPSA) is 54.0 Å². The lowest BCUT2D eigenvalue weighted by Gasteiger charge is -2.22. The molecule has 1 aromatic carbocycles. The van der Waals surface area contributed by atoms with Gasteiger partial charge < -0.3 is 24.6 Å². The number of rotatable bonds is 3. The number of hydrogen-bond donors (Lipinski definition) is 1. The summed E-state index contributed by atoms with van der Waals surface area (Å²) in [5, 5.41) is 3.29. The van der Waals surface area contributed by atoms with Gasteiger partial charge in [0.05, 0.1) is 24.9 Å². The maximum absolute atomic E-state index is 12.4. The third-order valence-electron chi connectivity index (χ3n) is 3.72. The quantitative estimate of drug-likeness (QED) is 0.927. The lowest BCUT2D eigenvalue weighted by Crippen LogP contribution is -2.37. The number of likely N-dealkylation sites (N-methyl/N-ethyl adjacent to an activating group) is 1. The van der Waals surface area contributed by atoms with E-state index in [-0.39, 0.29) is 6.03 Å². The van der Waals surface area contributed by atoms with Crippen molar-refractivity contribution >= 4 is 23.3 Å². The Morgan fingerprint density at radius 3 is 2.55 bits per heavy atom. The Kier molecular flexibility index (Phi) is 5.74. The van der Waals surface area contributed by atoms with Gasteiger partial charge in [-0.1, -0.05) is 11.6 Å². The highest BCUT2D eigenvalue weighted by Gasteiger charge is 2.19. The van der Waals surface area contributed by atoms with Gasteiger partial charge in [-0.15, -0.1) is 0 Å². The molecule has 1 aliphatic heterocycles. The molecule has 0 saturated carbocycles. The molecule has 0 atom stereocenters. The summed E-state index contributed by atoms with van der Waals surface area (Å²) in [5.74, 6) is 1.02. The van der Waals surface area contributed by atoms with Crippen LogP contribution in [0.1, 0.15) is 6.42 Å². The Morgan fingerprint density at radius 1 is 1.14 bits per heavy atom. The van der Waals surface area contributed by atoms with Gasteiger partial charge >= 0.3 is 6.03 Å². The highest BCUT2D eigenvalue weighted by Crippen LogP contribution is 2.36. The third-order valence-corrected chi connectivity index (χ3v) is 4.02. The van der Waals surface area contributed by atoms with Gasteiger partial charge in [0.2, 0.25) is 0 Å². The molecular formula is C15H22ClN3O3. The van der Waals surface area contributed by atoms with Crippen molar-refractivity contribution in [2.24, 2.45) is 0 Å². The number of halogens is 1. The van der Waals surface area contributed by atoms with E-state index in [4.69, 9.17) is 21.1 Å². The second-order valence-corrected chi connectivity index (χ2v) is 5.67. The van der Waals surface area contributed by atoms with Gasteiger partial charge in [0.1, 0.15) is 11.5 Å². The molecule has 0 spiro atoms. The summed E-state index contributed by atoms with van der Waals surface area (Å²) in [6, 6.07) is 3.16. The minimum atomic E-state index is -0.144. The molecule has 7 heteroatoms. The molecule has 0 radical (unpaired) electrons. The Labute approximate surface area is 135 Å². The summed E-state index contributed by atoms with van der Waals surface area (Å²) in [6.07, 6.45) is 0.963. The normalized spacial score (nSPS) is 16.1. The van der Waals surface area contributed by atoms with Crippen molar-refractivity contribution in [3.8, 4) is 11.5 Å². The molecule has 1 N–H and O–H groups in total. The first-order valence-corrected chi connectivity index (χ1v) is 7.59. The number of nitrogens with zero attached hydrogens (tertiary/aromatic N) is 2. The number of anilines is 1. The molecule has 22 heavy (non-hydrogen) atoms. The van der Waals surface area contributed by atoms with E-state index in [2.05, 4.69) is 17.3 Å². The lowest BCUT2D eigenvalue weighted by molar-refractivity contribution is 0.213. The molecule has 2 rings (SSSR count). The van der Waals surface area contributed by atoms with Crippen LogP contribution in [-0.4, -0.2) is 63.3 Å². The lowest BCUT2D eigenvalue weighted by atomic mass is 10.2. The smallest absolute Gasteiger partial charge is 0.321 e. The Morgan fingerprint density at radius 2 is 1.86 bits per heavy atom. The first-order chi connectivity index (χ1) is 10.5. The van der Waals surface area contributed by atoms with Gasteiger partial charge in [-0.25, -0.2) is 4.79 Å². The fourth-order valence-electron chi connectivity index (χ4n) is 2.40. The maximum Gasteiger partial charge on any atom is 0.321 e. The molecule has 0 bridgehead atoms. The predicted octanol–water partition coefficient (Wildman–Crippen LogP) is 2.53. The molecular weight excluding hydrogens is 306 g/mol. The molecule has 1 heterocycles. The summed E-state index contributed by atoms with van der Waals surface area (Å²) < 4.78 is 10.4. The zero-order chi connectivity index (χ0) is 16.1. The van der Waals surface area contributed by atoms with Crippen molar-refractivity contribution < 1.29 is 14.3 Å². The van der Waals surface area contributed by atoms with Crippen LogP contribution in [0.2, 0.25) is 5.02 Å². The van der Waals surface area contributed by atoms with Crippen LogP contribution >= 0.6 is 11.6 Å². The SMILES string of the molecule is COc1cc(OC)c(NC(=O)N2CCCN(C)CC2)cc1Cl. The first kappa shape index (κ1) is 16.7. The van der Waals surface area contributed by atoms with Crippen LogP contribution < -0.4 is 14.8 Å². The van der Waals surface area contributed by atoms with Crippen LogP contribution in [0.25, 0.3) is 0 Å². The average Bonchev–Trinajstić information content (AvgIpc) is 2.72. The van der Waals surface area contributed by atoms with Crippen LogP contribution in [0.15, 0.2) is 12.1 Å². The number of methoxy groups -OCH3 is 2. The van der Waals surface area contributed by atoms with Crippen LogP contribution in [-0.2, 0) is 0 Å². The predicted molar refractivity (Wildman–Crippen MR) is 87.3 cm³/mol. The van der Waals surface area contributed by atoms with E-state index in [1.165, 1.54) is 7.11 Å². The first-order valence-electron chi connectivity index (χ1n) is 7.21. The van der Waals surface area contributed by atoms with E-state index in [1.807, 2.05) is 0 Å². The Bertz CT molecular complexity index is 539. The second kappa shape index (κ2) is 7.56. The van der Waals surface area contributed by atoms with Crippen molar-refractivity contribution in [2.45, 2.75) is 6.42 Å². The standard InChI is InChI=1S/C15H22ClN3O3/c1-18-5-4-6-19(8-7-18)15(20)17-12-9-11(16)13(21-2)10-14(12)22-3/h9-10H,4-8H2,1-3H3,(H,17,20).